The van der Waals surface area contributed by atoms with Crippen molar-refractivity contribution in [3.8, 4) is 11.4 Å². The summed E-state index contributed by atoms with van der Waals surface area (Å²) in [6, 6.07) is 3.96. The van der Waals surface area contributed by atoms with Gasteiger partial charge in [0.15, 0.2) is 0 Å². The topological polar surface area (TPSA) is 39.1 Å². The Hall–Kier alpha value is -1.01. The highest BCUT2D eigenvalue weighted by Gasteiger charge is 2.13. The first kappa shape index (κ1) is 15.4. The highest BCUT2D eigenvalue weighted by Crippen LogP contribution is 2.34. The second kappa shape index (κ2) is 6.63. The van der Waals surface area contributed by atoms with E-state index in [0.29, 0.717) is 0 Å². The molecule has 0 amide bonds. The van der Waals surface area contributed by atoms with Gasteiger partial charge >= 0.3 is 0 Å². The third-order valence-corrected chi connectivity index (χ3v) is 4.10. The van der Waals surface area contributed by atoms with Crippen LogP contribution in [0.25, 0.3) is 5.69 Å². The van der Waals surface area contributed by atoms with Crippen molar-refractivity contribution in [1.82, 2.24) is 9.55 Å². The van der Waals surface area contributed by atoms with E-state index in [4.69, 9.17) is 4.74 Å². The monoisotopic (exact) mass is 401 g/mol. The first-order chi connectivity index (χ1) is 9.56. The Morgan fingerprint density at radius 3 is 2.70 bits per heavy atom. The van der Waals surface area contributed by atoms with Crippen LogP contribution in [0.4, 0.5) is 5.95 Å². The molecule has 20 heavy (non-hydrogen) atoms. The van der Waals surface area contributed by atoms with Crippen molar-refractivity contribution in [1.29, 1.82) is 0 Å². The molecule has 1 heterocycles. The zero-order valence-corrected chi connectivity index (χ0v) is 14.9. The smallest absolute Gasteiger partial charge is 0.207 e. The van der Waals surface area contributed by atoms with Crippen molar-refractivity contribution in [2.75, 3.05) is 19.0 Å². The Kier molecular flexibility index (Phi) is 5.10. The van der Waals surface area contributed by atoms with E-state index < -0.39 is 0 Å². The van der Waals surface area contributed by atoms with Gasteiger partial charge in [-0.25, -0.2) is 4.98 Å². The number of ether oxygens (including phenoxy) is 1. The van der Waals surface area contributed by atoms with E-state index >= 15 is 0 Å². The average molecular weight is 403 g/mol. The van der Waals surface area contributed by atoms with E-state index in [2.05, 4.69) is 49.1 Å². The van der Waals surface area contributed by atoms with Crippen LogP contribution in [-0.4, -0.2) is 23.2 Å². The lowest BCUT2D eigenvalue weighted by atomic mass is 10.3. The van der Waals surface area contributed by atoms with Crippen molar-refractivity contribution in [3.63, 3.8) is 0 Å². The van der Waals surface area contributed by atoms with Gasteiger partial charge < -0.3 is 10.1 Å². The molecule has 1 N–H and O–H groups in total. The molecule has 0 aliphatic carbocycles. The number of methoxy groups -OCH3 is 1. The molecule has 2 rings (SSSR count). The Morgan fingerprint density at radius 1 is 1.30 bits per heavy atom. The highest BCUT2D eigenvalue weighted by molar-refractivity contribution is 9.11. The number of benzene rings is 1. The lowest BCUT2D eigenvalue weighted by Crippen LogP contribution is -2.07. The zero-order valence-electron chi connectivity index (χ0n) is 11.7. The summed E-state index contributed by atoms with van der Waals surface area (Å²) < 4.78 is 9.29. The van der Waals surface area contributed by atoms with Crippen molar-refractivity contribution >= 4 is 37.8 Å². The molecule has 0 bridgehead atoms. The van der Waals surface area contributed by atoms with E-state index in [1.54, 1.807) is 7.11 Å². The number of anilines is 1. The Labute approximate surface area is 135 Å². The molecule has 1 aromatic heterocycles. The van der Waals surface area contributed by atoms with Gasteiger partial charge in [-0.2, -0.15) is 0 Å². The molecule has 0 fully saturated rings. The zero-order chi connectivity index (χ0) is 14.7. The molecule has 0 radical (unpaired) electrons. The molecule has 0 aliphatic heterocycles. The standard InChI is InChI=1S/C14H17Br2N3O/c1-4-5-17-14-18-9(2)8-19(14)12-7-13(20-3)11(16)6-10(12)15/h6-8H,4-5H2,1-3H3,(H,17,18). The summed E-state index contributed by atoms with van der Waals surface area (Å²) in [5.74, 6) is 1.63. The van der Waals surface area contributed by atoms with E-state index in [-0.39, 0.29) is 0 Å². The minimum atomic E-state index is 0.788. The fourth-order valence-electron chi connectivity index (χ4n) is 1.90. The molecule has 0 spiro atoms. The molecule has 2 aromatic rings. The van der Waals surface area contributed by atoms with Crippen LogP contribution < -0.4 is 10.1 Å². The number of imidazole rings is 1. The van der Waals surface area contributed by atoms with Crippen LogP contribution in [0.5, 0.6) is 5.75 Å². The fraction of sp³-hybridized carbons (Fsp3) is 0.357. The Balaban J connectivity index is 2.50. The predicted molar refractivity (Wildman–Crippen MR) is 89.0 cm³/mol. The number of halogens is 2. The van der Waals surface area contributed by atoms with Crippen LogP contribution in [0.3, 0.4) is 0 Å². The summed E-state index contributed by atoms with van der Waals surface area (Å²) in [6.45, 7) is 5.01. The van der Waals surface area contributed by atoms with Gasteiger partial charge in [-0.3, -0.25) is 4.57 Å². The van der Waals surface area contributed by atoms with Gasteiger partial charge in [0.1, 0.15) is 5.75 Å². The summed E-state index contributed by atoms with van der Waals surface area (Å²) in [4.78, 5) is 4.52. The SMILES string of the molecule is CCCNc1nc(C)cn1-c1cc(OC)c(Br)cc1Br. The maximum Gasteiger partial charge on any atom is 0.207 e. The van der Waals surface area contributed by atoms with E-state index in [9.17, 15) is 0 Å². The molecule has 0 saturated carbocycles. The number of aromatic nitrogens is 2. The molecule has 0 saturated heterocycles. The first-order valence-corrected chi connectivity index (χ1v) is 7.98. The second-order valence-corrected chi connectivity index (χ2v) is 6.15. The average Bonchev–Trinajstić information content (AvgIpc) is 2.77. The highest BCUT2D eigenvalue weighted by atomic mass is 79.9. The second-order valence-electron chi connectivity index (χ2n) is 4.44. The number of rotatable bonds is 5. The summed E-state index contributed by atoms with van der Waals surface area (Å²) in [7, 11) is 1.66. The lowest BCUT2D eigenvalue weighted by molar-refractivity contribution is 0.412. The molecule has 108 valence electrons. The summed E-state index contributed by atoms with van der Waals surface area (Å²) in [5.41, 5.74) is 1.96. The van der Waals surface area contributed by atoms with Crippen LogP contribution in [-0.2, 0) is 0 Å². The van der Waals surface area contributed by atoms with E-state index in [1.807, 2.05) is 29.8 Å². The minimum absolute atomic E-state index is 0.788. The molecule has 6 heteroatoms. The number of aryl methyl sites for hydroxylation is 1. The largest absolute Gasteiger partial charge is 0.495 e. The Morgan fingerprint density at radius 2 is 2.05 bits per heavy atom. The van der Waals surface area contributed by atoms with Gasteiger partial charge in [-0.1, -0.05) is 6.92 Å². The molecule has 0 aliphatic rings. The van der Waals surface area contributed by atoms with Crippen molar-refractivity contribution in [3.05, 3.63) is 33.0 Å². The van der Waals surface area contributed by atoms with Gasteiger partial charge in [0.25, 0.3) is 0 Å². The van der Waals surface area contributed by atoms with E-state index in [1.165, 1.54) is 0 Å². The van der Waals surface area contributed by atoms with E-state index in [0.717, 1.165) is 45.0 Å². The van der Waals surface area contributed by atoms with Crippen LogP contribution in [0.1, 0.15) is 19.0 Å². The maximum atomic E-state index is 5.37. The summed E-state index contributed by atoms with van der Waals surface area (Å²) in [6.07, 6.45) is 3.06. The molecule has 0 unspecified atom stereocenters. The number of nitrogens with one attached hydrogen (secondary N) is 1. The normalized spacial score (nSPS) is 10.7. The van der Waals surface area contributed by atoms with Crippen molar-refractivity contribution < 1.29 is 4.74 Å². The van der Waals surface area contributed by atoms with Crippen LogP contribution in [0.15, 0.2) is 27.3 Å². The molecule has 0 atom stereocenters. The van der Waals surface area contributed by atoms with Gasteiger partial charge in [0.05, 0.1) is 23.0 Å². The third-order valence-electron chi connectivity index (χ3n) is 2.84. The van der Waals surface area contributed by atoms with Crippen LogP contribution in [0, 0.1) is 6.92 Å². The summed E-state index contributed by atoms with van der Waals surface area (Å²) >= 11 is 7.08. The summed E-state index contributed by atoms with van der Waals surface area (Å²) in [5, 5.41) is 3.34. The minimum Gasteiger partial charge on any atom is -0.495 e. The predicted octanol–water partition coefficient (Wildman–Crippen LogP) is 4.54. The van der Waals surface area contributed by atoms with Gasteiger partial charge in [-0.05, 0) is 51.3 Å². The molecular formula is C14H17Br2N3O. The van der Waals surface area contributed by atoms with Gasteiger partial charge in [-0.15, -0.1) is 0 Å². The molecular weight excluding hydrogens is 386 g/mol. The van der Waals surface area contributed by atoms with Crippen molar-refractivity contribution in [2.45, 2.75) is 20.3 Å². The van der Waals surface area contributed by atoms with Gasteiger partial charge in [0, 0.05) is 23.3 Å². The molecule has 1 aromatic carbocycles. The third kappa shape index (κ3) is 3.17. The maximum absolute atomic E-state index is 5.37. The van der Waals surface area contributed by atoms with Gasteiger partial charge in [0.2, 0.25) is 5.95 Å². The molecule has 4 nitrogen and oxygen atoms in total. The number of hydrogen-bond acceptors (Lipinski definition) is 3. The fourth-order valence-corrected chi connectivity index (χ4v) is 3.25. The number of nitrogens with zero attached hydrogens (tertiary/aromatic N) is 2. The Bertz CT molecular complexity index is 611. The van der Waals surface area contributed by atoms with Crippen LogP contribution >= 0.6 is 31.9 Å². The number of hydrogen-bond donors (Lipinski definition) is 1. The van der Waals surface area contributed by atoms with Crippen molar-refractivity contribution in [2.24, 2.45) is 0 Å². The lowest BCUT2D eigenvalue weighted by Gasteiger charge is -2.13. The first-order valence-electron chi connectivity index (χ1n) is 6.40. The van der Waals surface area contributed by atoms with Crippen LogP contribution in [0.2, 0.25) is 0 Å². The quantitative estimate of drug-likeness (QED) is 0.797.